The summed E-state index contributed by atoms with van der Waals surface area (Å²) in [5, 5.41) is 0.486. The molecule has 3 aromatic rings. The van der Waals surface area contributed by atoms with Crippen molar-refractivity contribution in [1.82, 2.24) is 14.5 Å². The summed E-state index contributed by atoms with van der Waals surface area (Å²) in [6, 6.07) is 11.2. The summed E-state index contributed by atoms with van der Waals surface area (Å²) in [6.45, 7) is 1.40. The first-order valence-electron chi connectivity index (χ1n) is 9.94. The van der Waals surface area contributed by atoms with E-state index in [-0.39, 0.29) is 22.5 Å². The summed E-state index contributed by atoms with van der Waals surface area (Å²) in [6.07, 6.45) is -1.53. The van der Waals surface area contributed by atoms with E-state index < -0.39 is 17.3 Å². The van der Waals surface area contributed by atoms with E-state index in [1.807, 2.05) is 0 Å². The average molecular weight is 447 g/mol. The van der Waals surface area contributed by atoms with E-state index in [2.05, 4.69) is 4.98 Å². The van der Waals surface area contributed by atoms with E-state index in [4.69, 9.17) is 0 Å². The van der Waals surface area contributed by atoms with Crippen LogP contribution in [-0.2, 0) is 11.0 Å². The SMILES string of the molecule is O=C(CSc1nc2ccccc2c(=O)n1-c1cccc(C(F)(F)F)c1)N1CCCCC1. The molecule has 31 heavy (non-hydrogen) atoms. The minimum Gasteiger partial charge on any atom is -0.342 e. The van der Waals surface area contributed by atoms with Crippen LogP contribution in [0.25, 0.3) is 16.6 Å². The van der Waals surface area contributed by atoms with E-state index in [1.165, 1.54) is 12.1 Å². The topological polar surface area (TPSA) is 55.2 Å². The van der Waals surface area contributed by atoms with Crippen molar-refractivity contribution in [3.05, 3.63) is 64.4 Å². The second-order valence-electron chi connectivity index (χ2n) is 7.33. The number of fused-ring (bicyclic) bond motifs is 1. The smallest absolute Gasteiger partial charge is 0.342 e. The Hall–Kier alpha value is -2.81. The van der Waals surface area contributed by atoms with Gasteiger partial charge in [0.1, 0.15) is 0 Å². The molecule has 9 heteroatoms. The number of hydrogen-bond acceptors (Lipinski definition) is 4. The third-order valence-corrected chi connectivity index (χ3v) is 6.13. The number of rotatable bonds is 4. The highest BCUT2D eigenvalue weighted by Crippen LogP contribution is 2.31. The second-order valence-corrected chi connectivity index (χ2v) is 8.27. The van der Waals surface area contributed by atoms with Crippen LogP contribution < -0.4 is 5.56 Å². The summed E-state index contributed by atoms with van der Waals surface area (Å²) in [5.74, 6) is -0.00768. The van der Waals surface area contributed by atoms with Crippen molar-refractivity contribution in [3.8, 4) is 5.69 Å². The Morgan fingerprint density at radius 2 is 1.77 bits per heavy atom. The zero-order chi connectivity index (χ0) is 22.0. The fraction of sp³-hybridized carbons (Fsp3) is 0.318. The van der Waals surface area contributed by atoms with Crippen molar-refractivity contribution in [2.75, 3.05) is 18.8 Å². The van der Waals surface area contributed by atoms with Gasteiger partial charge in [0, 0.05) is 13.1 Å². The number of alkyl halides is 3. The standard InChI is InChI=1S/C22H20F3N3O2S/c23-22(24,25)15-7-6-8-16(13-15)28-20(30)17-9-2-3-10-18(17)26-21(28)31-14-19(29)27-11-4-1-5-12-27/h2-3,6-10,13H,1,4-5,11-12,14H2. The molecule has 0 spiro atoms. The first-order chi connectivity index (χ1) is 14.8. The number of carbonyl (C=O) groups is 1. The number of thioether (sulfide) groups is 1. The van der Waals surface area contributed by atoms with Gasteiger partial charge in [-0.1, -0.05) is 30.0 Å². The van der Waals surface area contributed by atoms with Crippen LogP contribution in [0.2, 0.25) is 0 Å². The quantitative estimate of drug-likeness (QED) is 0.436. The predicted molar refractivity (Wildman–Crippen MR) is 113 cm³/mol. The van der Waals surface area contributed by atoms with Crippen LogP contribution in [0.15, 0.2) is 58.5 Å². The normalized spacial score (nSPS) is 14.7. The third kappa shape index (κ3) is 4.61. The number of amides is 1. The monoisotopic (exact) mass is 447 g/mol. The Balaban J connectivity index is 1.75. The van der Waals surface area contributed by atoms with E-state index in [1.54, 1.807) is 29.2 Å². The zero-order valence-electron chi connectivity index (χ0n) is 16.6. The third-order valence-electron chi connectivity index (χ3n) is 5.21. The molecule has 0 radical (unpaired) electrons. The minimum absolute atomic E-state index is 0.0593. The molecule has 5 nitrogen and oxygen atoms in total. The number of halogens is 3. The van der Waals surface area contributed by atoms with Gasteiger partial charge in [-0.05, 0) is 49.6 Å². The molecule has 2 aromatic carbocycles. The lowest BCUT2D eigenvalue weighted by atomic mass is 10.1. The lowest BCUT2D eigenvalue weighted by Gasteiger charge is -2.26. The minimum atomic E-state index is -4.54. The van der Waals surface area contributed by atoms with Crippen LogP contribution in [0.5, 0.6) is 0 Å². The van der Waals surface area contributed by atoms with Gasteiger partial charge < -0.3 is 4.90 Å². The van der Waals surface area contributed by atoms with Crippen LogP contribution in [0.1, 0.15) is 24.8 Å². The molecule has 1 amide bonds. The average Bonchev–Trinajstić information content (AvgIpc) is 2.77. The fourth-order valence-corrected chi connectivity index (χ4v) is 4.53. The van der Waals surface area contributed by atoms with Gasteiger partial charge in [-0.3, -0.25) is 14.2 Å². The molecule has 1 saturated heterocycles. The number of nitrogens with zero attached hydrogens (tertiary/aromatic N) is 3. The van der Waals surface area contributed by atoms with Crippen molar-refractivity contribution in [1.29, 1.82) is 0 Å². The van der Waals surface area contributed by atoms with Crippen LogP contribution in [0.4, 0.5) is 13.2 Å². The van der Waals surface area contributed by atoms with E-state index in [0.717, 1.165) is 47.7 Å². The number of hydrogen-bond donors (Lipinski definition) is 0. The second kappa shape index (κ2) is 8.74. The van der Waals surface area contributed by atoms with Gasteiger partial charge in [0.05, 0.1) is 27.9 Å². The van der Waals surface area contributed by atoms with Gasteiger partial charge in [0.2, 0.25) is 5.91 Å². The number of benzene rings is 2. The fourth-order valence-electron chi connectivity index (χ4n) is 3.62. The lowest BCUT2D eigenvalue weighted by molar-refractivity contribution is -0.137. The number of piperidine rings is 1. The number of aromatic nitrogens is 2. The van der Waals surface area contributed by atoms with Crippen molar-refractivity contribution in [3.63, 3.8) is 0 Å². The van der Waals surface area contributed by atoms with Gasteiger partial charge in [-0.25, -0.2) is 4.98 Å². The highest BCUT2D eigenvalue weighted by atomic mass is 32.2. The molecule has 1 aromatic heterocycles. The molecule has 1 aliphatic rings. The Morgan fingerprint density at radius 1 is 1.03 bits per heavy atom. The van der Waals surface area contributed by atoms with Crippen molar-refractivity contribution in [2.24, 2.45) is 0 Å². The highest BCUT2D eigenvalue weighted by molar-refractivity contribution is 7.99. The molecule has 0 N–H and O–H groups in total. The Kier molecular flexibility index (Phi) is 6.04. The molecule has 1 aliphatic heterocycles. The molecule has 0 bridgehead atoms. The Bertz CT molecular complexity index is 1170. The maximum Gasteiger partial charge on any atom is 0.416 e. The molecule has 4 rings (SSSR count). The van der Waals surface area contributed by atoms with Crippen LogP contribution >= 0.6 is 11.8 Å². The van der Waals surface area contributed by atoms with Crippen molar-refractivity contribution < 1.29 is 18.0 Å². The summed E-state index contributed by atoms with van der Waals surface area (Å²) in [5.41, 5.74) is -0.835. The molecule has 0 saturated carbocycles. The number of likely N-dealkylation sites (tertiary alicyclic amines) is 1. The maximum absolute atomic E-state index is 13.2. The molecular formula is C22H20F3N3O2S. The molecule has 2 heterocycles. The molecule has 0 atom stereocenters. The van der Waals surface area contributed by atoms with Crippen molar-refractivity contribution >= 4 is 28.6 Å². The summed E-state index contributed by atoms with van der Waals surface area (Å²) in [7, 11) is 0. The number of carbonyl (C=O) groups excluding carboxylic acids is 1. The predicted octanol–water partition coefficient (Wildman–Crippen LogP) is 4.51. The van der Waals surface area contributed by atoms with E-state index >= 15 is 0 Å². The Labute approximate surface area is 180 Å². The molecule has 0 aliphatic carbocycles. The zero-order valence-corrected chi connectivity index (χ0v) is 17.4. The first kappa shape index (κ1) is 21.4. The van der Waals surface area contributed by atoms with Gasteiger partial charge >= 0.3 is 6.18 Å². The summed E-state index contributed by atoms with van der Waals surface area (Å²) >= 11 is 1.07. The van der Waals surface area contributed by atoms with Gasteiger partial charge in [-0.15, -0.1) is 0 Å². The number of para-hydroxylation sites is 1. The van der Waals surface area contributed by atoms with Gasteiger partial charge in [0.15, 0.2) is 5.16 Å². The van der Waals surface area contributed by atoms with E-state index in [0.29, 0.717) is 24.0 Å². The molecule has 0 unspecified atom stereocenters. The first-order valence-corrected chi connectivity index (χ1v) is 10.9. The van der Waals surface area contributed by atoms with E-state index in [9.17, 15) is 22.8 Å². The highest BCUT2D eigenvalue weighted by Gasteiger charge is 2.31. The van der Waals surface area contributed by atoms with Crippen LogP contribution in [-0.4, -0.2) is 39.2 Å². The van der Waals surface area contributed by atoms with Crippen LogP contribution in [0.3, 0.4) is 0 Å². The largest absolute Gasteiger partial charge is 0.416 e. The Morgan fingerprint density at radius 3 is 2.52 bits per heavy atom. The molecule has 162 valence electrons. The van der Waals surface area contributed by atoms with Gasteiger partial charge in [-0.2, -0.15) is 13.2 Å². The van der Waals surface area contributed by atoms with Gasteiger partial charge in [0.25, 0.3) is 5.56 Å². The lowest BCUT2D eigenvalue weighted by Crippen LogP contribution is -2.36. The maximum atomic E-state index is 13.2. The summed E-state index contributed by atoms with van der Waals surface area (Å²) < 4.78 is 40.9. The molecule has 1 fully saturated rings. The van der Waals surface area contributed by atoms with Crippen molar-refractivity contribution in [2.45, 2.75) is 30.6 Å². The molecular weight excluding hydrogens is 427 g/mol. The summed E-state index contributed by atoms with van der Waals surface area (Å²) in [4.78, 5) is 32.1. The van der Waals surface area contributed by atoms with Crippen LogP contribution in [0, 0.1) is 0 Å².